The standard InChI is InChI=1S/C23H22ClFN4O2/c24-17-6-4-15(5-7-17)21-22(31)29(23(28-21)10-2-1-3-11-23)14-20(30)27-18-8-9-19(25)16(12-18)13-26/h4-9,12,21,28H,1-3,10-11,14H2,(H,27,30). The van der Waals surface area contributed by atoms with Gasteiger partial charge in [0, 0.05) is 10.7 Å². The zero-order valence-corrected chi connectivity index (χ0v) is 17.6. The van der Waals surface area contributed by atoms with Crippen LogP contribution in [0.25, 0.3) is 0 Å². The van der Waals surface area contributed by atoms with Crippen molar-refractivity contribution in [1.29, 1.82) is 5.26 Å². The molecule has 0 aromatic heterocycles. The second-order valence-electron chi connectivity index (χ2n) is 8.00. The lowest BCUT2D eigenvalue weighted by molar-refractivity contribution is -0.137. The van der Waals surface area contributed by atoms with Crippen LogP contribution in [-0.4, -0.2) is 28.9 Å². The fourth-order valence-corrected chi connectivity index (χ4v) is 4.60. The number of hydrogen-bond donors (Lipinski definition) is 2. The van der Waals surface area contributed by atoms with Crippen molar-refractivity contribution >= 4 is 29.1 Å². The van der Waals surface area contributed by atoms with Crippen LogP contribution in [0, 0.1) is 17.1 Å². The number of hydrogen-bond acceptors (Lipinski definition) is 4. The van der Waals surface area contributed by atoms with Gasteiger partial charge in [0.1, 0.15) is 24.5 Å². The summed E-state index contributed by atoms with van der Waals surface area (Å²) >= 11 is 5.99. The molecule has 2 N–H and O–H groups in total. The van der Waals surface area contributed by atoms with E-state index in [0.717, 1.165) is 43.7 Å². The quantitative estimate of drug-likeness (QED) is 0.748. The number of rotatable bonds is 4. The molecule has 31 heavy (non-hydrogen) atoms. The number of anilines is 1. The Balaban J connectivity index is 1.55. The Morgan fingerprint density at radius 1 is 1.23 bits per heavy atom. The normalized spacial score (nSPS) is 20.0. The van der Waals surface area contributed by atoms with Gasteiger partial charge in [-0.15, -0.1) is 0 Å². The van der Waals surface area contributed by atoms with Crippen molar-refractivity contribution in [2.24, 2.45) is 0 Å². The summed E-state index contributed by atoms with van der Waals surface area (Å²) in [6, 6.07) is 12.2. The molecule has 2 aliphatic rings. The molecular formula is C23H22ClFN4O2. The molecule has 1 unspecified atom stereocenters. The topological polar surface area (TPSA) is 85.2 Å². The van der Waals surface area contributed by atoms with Gasteiger partial charge in [-0.3, -0.25) is 14.9 Å². The van der Waals surface area contributed by atoms with Crippen molar-refractivity contribution in [2.75, 3.05) is 11.9 Å². The highest BCUT2D eigenvalue weighted by Crippen LogP contribution is 2.40. The Morgan fingerprint density at radius 3 is 2.61 bits per heavy atom. The Bertz CT molecular complexity index is 1040. The van der Waals surface area contributed by atoms with Crippen molar-refractivity contribution in [1.82, 2.24) is 10.2 Å². The van der Waals surface area contributed by atoms with E-state index >= 15 is 0 Å². The van der Waals surface area contributed by atoms with Crippen molar-refractivity contribution in [3.8, 4) is 6.07 Å². The fourth-order valence-electron chi connectivity index (χ4n) is 4.47. The summed E-state index contributed by atoms with van der Waals surface area (Å²) in [5.41, 5.74) is 0.398. The van der Waals surface area contributed by atoms with Gasteiger partial charge < -0.3 is 10.2 Å². The SMILES string of the molecule is N#Cc1cc(NC(=O)CN2C(=O)C(c3ccc(Cl)cc3)NC23CCCCC3)ccc1F. The van der Waals surface area contributed by atoms with Crippen LogP contribution in [0.2, 0.25) is 5.02 Å². The van der Waals surface area contributed by atoms with Gasteiger partial charge in [-0.05, 0) is 61.6 Å². The first-order chi connectivity index (χ1) is 14.9. The van der Waals surface area contributed by atoms with E-state index in [2.05, 4.69) is 10.6 Å². The first kappa shape index (κ1) is 21.3. The number of nitrogens with zero attached hydrogens (tertiary/aromatic N) is 2. The Morgan fingerprint density at radius 2 is 1.94 bits per heavy atom. The van der Waals surface area contributed by atoms with Gasteiger partial charge in [0.15, 0.2) is 0 Å². The molecule has 2 fully saturated rings. The summed E-state index contributed by atoms with van der Waals surface area (Å²) in [7, 11) is 0. The Kier molecular flexibility index (Phi) is 5.94. The third kappa shape index (κ3) is 4.27. The molecular weight excluding hydrogens is 419 g/mol. The predicted octanol–water partition coefficient (Wildman–Crippen LogP) is 4.12. The van der Waals surface area contributed by atoms with Crippen molar-refractivity contribution in [2.45, 2.75) is 43.8 Å². The van der Waals surface area contributed by atoms with Crippen molar-refractivity contribution in [3.63, 3.8) is 0 Å². The van der Waals surface area contributed by atoms with Gasteiger partial charge in [0.25, 0.3) is 0 Å². The first-order valence-electron chi connectivity index (χ1n) is 10.3. The molecule has 6 nitrogen and oxygen atoms in total. The lowest BCUT2D eigenvalue weighted by atomic mass is 9.88. The van der Waals surface area contributed by atoms with Crippen LogP contribution in [0.4, 0.5) is 10.1 Å². The summed E-state index contributed by atoms with van der Waals surface area (Å²) in [6.07, 6.45) is 4.57. The molecule has 1 heterocycles. The Labute approximate surface area is 185 Å². The first-order valence-corrected chi connectivity index (χ1v) is 10.6. The number of benzene rings is 2. The molecule has 1 saturated carbocycles. The molecule has 0 radical (unpaired) electrons. The average Bonchev–Trinajstić information content (AvgIpc) is 3.02. The van der Waals surface area contributed by atoms with E-state index in [1.54, 1.807) is 23.1 Å². The minimum absolute atomic E-state index is 0.130. The molecule has 1 atom stereocenters. The van der Waals surface area contributed by atoms with Crippen LogP contribution < -0.4 is 10.6 Å². The summed E-state index contributed by atoms with van der Waals surface area (Å²) in [4.78, 5) is 27.8. The van der Waals surface area contributed by atoms with Gasteiger partial charge in [-0.25, -0.2) is 4.39 Å². The van der Waals surface area contributed by atoms with E-state index in [4.69, 9.17) is 16.9 Å². The van der Waals surface area contributed by atoms with Gasteiger partial charge >= 0.3 is 0 Å². The van der Waals surface area contributed by atoms with Crippen LogP contribution in [0.1, 0.15) is 49.3 Å². The summed E-state index contributed by atoms with van der Waals surface area (Å²) in [5.74, 6) is -1.20. The van der Waals surface area contributed by atoms with E-state index < -0.39 is 23.4 Å². The Hall–Kier alpha value is -2.95. The van der Waals surface area contributed by atoms with Gasteiger partial charge in [0.05, 0.1) is 11.2 Å². The van der Waals surface area contributed by atoms with E-state index in [1.807, 2.05) is 12.1 Å². The molecule has 1 saturated heterocycles. The van der Waals surface area contributed by atoms with Gasteiger partial charge in [-0.2, -0.15) is 5.26 Å². The highest BCUT2D eigenvalue weighted by Gasteiger charge is 2.51. The van der Waals surface area contributed by atoms with Crippen LogP contribution >= 0.6 is 11.6 Å². The lowest BCUT2D eigenvalue weighted by Crippen LogP contribution is -2.55. The van der Waals surface area contributed by atoms with Crippen LogP contribution in [0.15, 0.2) is 42.5 Å². The highest BCUT2D eigenvalue weighted by molar-refractivity contribution is 6.30. The van der Waals surface area contributed by atoms with Crippen molar-refractivity contribution < 1.29 is 14.0 Å². The third-order valence-corrected chi connectivity index (χ3v) is 6.25. The molecule has 160 valence electrons. The van der Waals surface area contributed by atoms with E-state index in [1.165, 1.54) is 12.1 Å². The minimum atomic E-state index is -0.647. The molecule has 1 aliphatic carbocycles. The number of nitriles is 1. The van der Waals surface area contributed by atoms with E-state index in [9.17, 15) is 14.0 Å². The molecule has 4 rings (SSSR count). The summed E-state index contributed by atoms with van der Waals surface area (Å²) in [5, 5.41) is 15.8. The van der Waals surface area contributed by atoms with Crippen LogP contribution in [0.5, 0.6) is 0 Å². The van der Waals surface area contributed by atoms with Crippen LogP contribution in [0.3, 0.4) is 0 Å². The molecule has 1 aliphatic heterocycles. The molecule has 2 aromatic carbocycles. The maximum Gasteiger partial charge on any atom is 0.246 e. The number of amides is 2. The molecule has 2 amide bonds. The molecule has 2 aromatic rings. The number of nitrogens with one attached hydrogen (secondary N) is 2. The zero-order chi connectivity index (χ0) is 22.0. The second kappa shape index (κ2) is 8.66. The van der Waals surface area contributed by atoms with Gasteiger partial charge in [-0.1, -0.05) is 30.2 Å². The number of halogens is 2. The van der Waals surface area contributed by atoms with E-state index in [-0.39, 0.29) is 18.0 Å². The average molecular weight is 441 g/mol. The smallest absolute Gasteiger partial charge is 0.246 e. The molecule has 8 heteroatoms. The minimum Gasteiger partial charge on any atom is -0.325 e. The maximum absolute atomic E-state index is 13.5. The molecule has 0 bridgehead atoms. The lowest BCUT2D eigenvalue weighted by Gasteiger charge is -2.41. The van der Waals surface area contributed by atoms with E-state index in [0.29, 0.717) is 10.7 Å². The van der Waals surface area contributed by atoms with Crippen molar-refractivity contribution in [3.05, 3.63) is 64.4 Å². The molecule has 1 spiro atoms. The summed E-state index contributed by atoms with van der Waals surface area (Å²) in [6.45, 7) is -0.130. The monoisotopic (exact) mass is 440 g/mol. The predicted molar refractivity (Wildman–Crippen MR) is 115 cm³/mol. The zero-order valence-electron chi connectivity index (χ0n) is 16.8. The van der Waals surface area contributed by atoms with Gasteiger partial charge in [0.2, 0.25) is 11.8 Å². The maximum atomic E-state index is 13.5. The largest absolute Gasteiger partial charge is 0.325 e. The number of carbonyl (C=O) groups is 2. The number of carbonyl (C=O) groups excluding carboxylic acids is 2. The summed E-state index contributed by atoms with van der Waals surface area (Å²) < 4.78 is 13.5. The second-order valence-corrected chi connectivity index (χ2v) is 8.44. The highest BCUT2D eigenvalue weighted by atomic mass is 35.5. The van der Waals surface area contributed by atoms with Crippen LogP contribution in [-0.2, 0) is 9.59 Å². The third-order valence-electron chi connectivity index (χ3n) is 6.00. The fraction of sp³-hybridized carbons (Fsp3) is 0.348.